The highest BCUT2D eigenvalue weighted by Gasteiger charge is 2.07. The van der Waals surface area contributed by atoms with E-state index in [9.17, 15) is 4.79 Å². The van der Waals surface area contributed by atoms with Gasteiger partial charge in [0, 0.05) is 16.7 Å². The Morgan fingerprint density at radius 2 is 2.12 bits per heavy atom. The van der Waals surface area contributed by atoms with Gasteiger partial charge in [0.25, 0.3) is 5.91 Å². The van der Waals surface area contributed by atoms with Crippen molar-refractivity contribution >= 4 is 28.5 Å². The highest BCUT2D eigenvalue weighted by Crippen LogP contribution is 2.10. The molecule has 0 heterocycles. The van der Waals surface area contributed by atoms with Crippen molar-refractivity contribution in [3.8, 4) is 0 Å². The molecule has 4 heteroatoms. The van der Waals surface area contributed by atoms with Crippen LogP contribution in [0.5, 0.6) is 0 Å². The van der Waals surface area contributed by atoms with Crippen molar-refractivity contribution in [2.75, 3.05) is 13.2 Å². The minimum Gasteiger partial charge on any atom is -0.379 e. The first-order valence-corrected chi connectivity index (χ1v) is 6.83. The molecule has 17 heavy (non-hydrogen) atoms. The minimum atomic E-state index is -0.0143. The Morgan fingerprint density at radius 1 is 1.41 bits per heavy atom. The van der Waals surface area contributed by atoms with E-state index in [1.165, 1.54) is 0 Å². The van der Waals surface area contributed by atoms with Gasteiger partial charge in [0.15, 0.2) is 0 Å². The zero-order valence-corrected chi connectivity index (χ0v) is 12.4. The van der Waals surface area contributed by atoms with Gasteiger partial charge in [-0.15, -0.1) is 0 Å². The Hall–Kier alpha value is -0.620. The van der Waals surface area contributed by atoms with E-state index in [2.05, 4.69) is 27.9 Å². The number of hydrogen-bond donors (Lipinski definition) is 1. The average Bonchev–Trinajstić information content (AvgIpc) is 2.28. The fraction of sp³-hybridized carbons (Fsp3) is 0.462. The molecule has 0 atom stereocenters. The number of nitrogens with one attached hydrogen (secondary N) is 1. The summed E-state index contributed by atoms with van der Waals surface area (Å²) in [7, 11) is 0. The molecule has 0 fully saturated rings. The molecule has 0 aliphatic heterocycles. The van der Waals surface area contributed by atoms with Gasteiger partial charge in [-0.05, 0) is 55.0 Å². The third-order valence-electron chi connectivity index (χ3n) is 2.18. The van der Waals surface area contributed by atoms with E-state index >= 15 is 0 Å². The second kappa shape index (κ2) is 7.66. The molecule has 1 N–H and O–H groups in total. The Kier molecular flexibility index (Phi) is 6.50. The maximum Gasteiger partial charge on any atom is 0.252 e. The van der Waals surface area contributed by atoms with Crippen LogP contribution in [0.2, 0.25) is 0 Å². The van der Waals surface area contributed by atoms with Crippen molar-refractivity contribution in [2.45, 2.75) is 26.4 Å². The van der Waals surface area contributed by atoms with Crippen LogP contribution in [0.3, 0.4) is 0 Å². The summed E-state index contributed by atoms with van der Waals surface area (Å²) in [6, 6.07) is 7.56. The lowest BCUT2D eigenvalue weighted by Gasteiger charge is -2.09. The molecule has 0 unspecified atom stereocenters. The lowest BCUT2D eigenvalue weighted by Crippen LogP contribution is -2.26. The van der Waals surface area contributed by atoms with E-state index in [4.69, 9.17) is 4.74 Å². The van der Waals surface area contributed by atoms with Crippen LogP contribution in [-0.2, 0) is 4.74 Å². The molecule has 1 amide bonds. The zero-order chi connectivity index (χ0) is 12.7. The zero-order valence-electron chi connectivity index (χ0n) is 10.2. The summed E-state index contributed by atoms with van der Waals surface area (Å²) in [6.45, 7) is 5.34. The summed E-state index contributed by atoms with van der Waals surface area (Å²) >= 11 is 2.17. The molecule has 1 aromatic rings. The largest absolute Gasteiger partial charge is 0.379 e. The molecule has 1 rings (SSSR count). The smallest absolute Gasteiger partial charge is 0.252 e. The van der Waals surface area contributed by atoms with Crippen LogP contribution >= 0.6 is 22.6 Å². The number of carbonyl (C=O) groups is 1. The van der Waals surface area contributed by atoms with Gasteiger partial charge in [-0.3, -0.25) is 4.79 Å². The monoisotopic (exact) mass is 347 g/mol. The second-order valence-corrected chi connectivity index (χ2v) is 5.17. The molecule has 3 nitrogen and oxygen atoms in total. The first-order valence-electron chi connectivity index (χ1n) is 5.75. The van der Waals surface area contributed by atoms with Crippen LogP contribution in [0.4, 0.5) is 0 Å². The van der Waals surface area contributed by atoms with Crippen LogP contribution in [0.1, 0.15) is 30.6 Å². The summed E-state index contributed by atoms with van der Waals surface area (Å²) in [4.78, 5) is 11.8. The number of amides is 1. The molecule has 94 valence electrons. The Balaban J connectivity index is 2.29. The van der Waals surface area contributed by atoms with Gasteiger partial charge in [-0.2, -0.15) is 0 Å². The van der Waals surface area contributed by atoms with Gasteiger partial charge in [0.05, 0.1) is 11.7 Å². The Bertz CT molecular complexity index is 366. The quantitative estimate of drug-likeness (QED) is 0.635. The molecule has 0 aliphatic rings. The first-order chi connectivity index (χ1) is 8.11. The number of carbonyl (C=O) groups excluding carboxylic acids is 1. The summed E-state index contributed by atoms with van der Waals surface area (Å²) < 4.78 is 6.37. The van der Waals surface area contributed by atoms with Crippen molar-refractivity contribution < 1.29 is 9.53 Å². The predicted molar refractivity (Wildman–Crippen MR) is 77.2 cm³/mol. The average molecular weight is 347 g/mol. The summed E-state index contributed by atoms with van der Waals surface area (Å²) in [6.07, 6.45) is 1.09. The lowest BCUT2D eigenvalue weighted by atomic mass is 10.2. The SMILES string of the molecule is CC(C)OCCCNC(=O)c1ccccc1I. The molecule has 0 saturated heterocycles. The molecular weight excluding hydrogens is 329 g/mol. The molecule has 0 bridgehead atoms. The summed E-state index contributed by atoms with van der Waals surface area (Å²) in [5.74, 6) is -0.0143. The number of hydrogen-bond acceptors (Lipinski definition) is 2. The normalized spacial score (nSPS) is 10.6. The second-order valence-electron chi connectivity index (χ2n) is 4.01. The standard InChI is InChI=1S/C13H18INO2/c1-10(2)17-9-5-8-15-13(16)11-6-3-4-7-12(11)14/h3-4,6-7,10H,5,8-9H2,1-2H3,(H,15,16). The van der Waals surface area contributed by atoms with Crippen LogP contribution in [0.25, 0.3) is 0 Å². The van der Waals surface area contributed by atoms with Crippen molar-refractivity contribution in [3.05, 3.63) is 33.4 Å². The summed E-state index contributed by atoms with van der Waals surface area (Å²) in [5.41, 5.74) is 0.734. The molecule has 0 saturated carbocycles. The van der Waals surface area contributed by atoms with Gasteiger partial charge in [-0.25, -0.2) is 0 Å². The number of rotatable bonds is 6. The fourth-order valence-electron chi connectivity index (χ4n) is 1.33. The van der Waals surface area contributed by atoms with Crippen LogP contribution in [0.15, 0.2) is 24.3 Å². The molecule has 0 spiro atoms. The number of ether oxygens (including phenoxy) is 1. The van der Waals surface area contributed by atoms with E-state index in [0.29, 0.717) is 13.2 Å². The first kappa shape index (κ1) is 14.4. The van der Waals surface area contributed by atoms with Crippen molar-refractivity contribution in [1.29, 1.82) is 0 Å². The van der Waals surface area contributed by atoms with Crippen molar-refractivity contribution in [3.63, 3.8) is 0 Å². The van der Waals surface area contributed by atoms with Crippen molar-refractivity contribution in [2.24, 2.45) is 0 Å². The Morgan fingerprint density at radius 3 is 2.76 bits per heavy atom. The highest BCUT2D eigenvalue weighted by atomic mass is 127. The van der Waals surface area contributed by atoms with E-state index in [-0.39, 0.29) is 12.0 Å². The topological polar surface area (TPSA) is 38.3 Å². The highest BCUT2D eigenvalue weighted by molar-refractivity contribution is 14.1. The van der Waals surface area contributed by atoms with E-state index in [0.717, 1.165) is 15.6 Å². The number of halogens is 1. The molecule has 0 radical (unpaired) electrons. The van der Waals surface area contributed by atoms with Gasteiger partial charge in [0.2, 0.25) is 0 Å². The maximum atomic E-state index is 11.8. The number of benzene rings is 1. The van der Waals surface area contributed by atoms with Crippen LogP contribution in [-0.4, -0.2) is 25.2 Å². The lowest BCUT2D eigenvalue weighted by molar-refractivity contribution is 0.0757. The minimum absolute atomic E-state index is 0.0143. The maximum absolute atomic E-state index is 11.8. The molecule has 0 aliphatic carbocycles. The van der Waals surface area contributed by atoms with Gasteiger partial charge in [0.1, 0.15) is 0 Å². The fourth-order valence-corrected chi connectivity index (χ4v) is 1.97. The third kappa shape index (κ3) is 5.50. The molecule has 0 aromatic heterocycles. The van der Waals surface area contributed by atoms with E-state index < -0.39 is 0 Å². The molecular formula is C13H18INO2. The van der Waals surface area contributed by atoms with Crippen molar-refractivity contribution in [1.82, 2.24) is 5.32 Å². The van der Waals surface area contributed by atoms with Gasteiger partial charge in [-0.1, -0.05) is 12.1 Å². The van der Waals surface area contributed by atoms with E-state index in [1.54, 1.807) is 0 Å². The summed E-state index contributed by atoms with van der Waals surface area (Å²) in [5, 5.41) is 2.89. The Labute approximate surface area is 116 Å². The third-order valence-corrected chi connectivity index (χ3v) is 3.12. The van der Waals surface area contributed by atoms with Gasteiger partial charge >= 0.3 is 0 Å². The predicted octanol–water partition coefficient (Wildman–Crippen LogP) is 2.84. The van der Waals surface area contributed by atoms with Gasteiger partial charge < -0.3 is 10.1 Å². The van der Waals surface area contributed by atoms with E-state index in [1.807, 2.05) is 38.1 Å². The molecule has 1 aromatic carbocycles. The van der Waals surface area contributed by atoms with Crippen LogP contribution in [0, 0.1) is 3.57 Å². The van der Waals surface area contributed by atoms with Crippen LogP contribution < -0.4 is 5.32 Å².